The average molecular weight is 283 g/mol. The van der Waals surface area contributed by atoms with Gasteiger partial charge in [0, 0.05) is 39.9 Å². The molecule has 0 amide bonds. The largest absolute Gasteiger partial charge is 0.668 e. The molecule has 0 radical (unpaired) electrons. The number of hydrogen-bond acceptors (Lipinski definition) is 4. The third-order valence-electron chi connectivity index (χ3n) is 0. The van der Waals surface area contributed by atoms with Crippen LogP contribution in [0.15, 0.2) is 0 Å². The van der Waals surface area contributed by atoms with Gasteiger partial charge in [-0.25, -0.2) is 0 Å². The third-order valence-corrected chi connectivity index (χ3v) is 0. The van der Waals surface area contributed by atoms with Gasteiger partial charge in [-0.3, -0.25) is 0 Å². The van der Waals surface area contributed by atoms with Crippen LogP contribution in [0, 0.1) is 39.9 Å². The van der Waals surface area contributed by atoms with Crippen molar-refractivity contribution in [3.63, 3.8) is 0 Å². The summed E-state index contributed by atoms with van der Waals surface area (Å²) < 4.78 is 0. The van der Waals surface area contributed by atoms with Crippen LogP contribution >= 0.6 is 0 Å². The average Bonchev–Trinajstić information content (AvgIpc) is 0.722. The Hall–Kier alpha value is 1.91. The van der Waals surface area contributed by atoms with Crippen LogP contribution in [0.4, 0.5) is 0 Å². The zero-order valence-electron chi connectivity index (χ0n) is 2.64. The van der Waals surface area contributed by atoms with E-state index in [9.17, 15) is 0 Å². The summed E-state index contributed by atoms with van der Waals surface area (Å²) in [6.45, 7) is 0. The van der Waals surface area contributed by atoms with E-state index in [2.05, 4.69) is 0 Å². The van der Waals surface area contributed by atoms with Crippen LogP contribution in [0.25, 0.3) is 0 Å². The molecule has 0 aromatic carbocycles. The van der Waals surface area contributed by atoms with Gasteiger partial charge in [-0.2, -0.15) is 0 Å². The smallest absolute Gasteiger partial charge is 0.368 e. The maximum atomic E-state index is 7.33. The summed E-state index contributed by atoms with van der Waals surface area (Å²) in [5.74, 6) is 0. The molecule has 7 heteroatoms. The van der Waals surface area contributed by atoms with E-state index >= 15 is 0 Å². The van der Waals surface area contributed by atoms with Crippen LogP contribution in [0.5, 0.6) is 0 Å². The summed E-state index contributed by atoms with van der Waals surface area (Å²) in [6.07, 6.45) is 0. The van der Waals surface area contributed by atoms with Crippen molar-refractivity contribution in [3.05, 3.63) is 0 Å². The fourth-order valence-electron chi connectivity index (χ4n) is 0. The molecule has 0 spiro atoms. The minimum Gasteiger partial charge on any atom is -0.368 e. The Kier molecular flexibility index (Phi) is 13.8. The van der Waals surface area contributed by atoms with E-state index in [0.717, 1.165) is 0 Å². The van der Waals surface area contributed by atoms with Crippen molar-refractivity contribution in [1.82, 2.24) is 0 Å². The molecule has 0 unspecified atom stereocenters. The van der Waals surface area contributed by atoms with E-state index in [1.807, 2.05) is 0 Å². The van der Waals surface area contributed by atoms with Crippen LogP contribution in [-0.2, 0) is 0 Å². The van der Waals surface area contributed by atoms with Crippen molar-refractivity contribution in [2.45, 2.75) is 0 Å². The number of hydrogen-bond donors (Lipinski definition) is 4. The SMILES string of the molecule is O[Si](O)(O)O.[AlH3].[Gd]. The summed E-state index contributed by atoms with van der Waals surface area (Å²) in [4.78, 5) is 29.3. The Bertz CT molecular complexity index is 27.2. The summed E-state index contributed by atoms with van der Waals surface area (Å²) >= 11 is 0. The molecule has 0 bridgehead atoms. The maximum Gasteiger partial charge on any atom is 0.668 e. The van der Waals surface area contributed by atoms with Crippen molar-refractivity contribution in [1.29, 1.82) is 0 Å². The molecule has 4 N–H and O–H groups in total. The Morgan fingerprint density at radius 1 is 0.857 bits per heavy atom. The van der Waals surface area contributed by atoms with Crippen molar-refractivity contribution >= 4 is 26.4 Å². The van der Waals surface area contributed by atoms with Gasteiger partial charge in [0.2, 0.25) is 0 Å². The maximum absolute atomic E-state index is 7.33. The fourth-order valence-corrected chi connectivity index (χ4v) is 0. The summed E-state index contributed by atoms with van der Waals surface area (Å²) in [5, 5.41) is 0. The molecule has 7 heavy (non-hydrogen) atoms. The Morgan fingerprint density at radius 2 is 0.857 bits per heavy atom. The second kappa shape index (κ2) is 6.04. The van der Waals surface area contributed by atoms with E-state index < -0.39 is 9.05 Å². The van der Waals surface area contributed by atoms with Crippen LogP contribution in [0.1, 0.15) is 0 Å². The van der Waals surface area contributed by atoms with Gasteiger partial charge in [0.1, 0.15) is 0 Å². The molecular weight excluding hydrogens is 276 g/mol. The topological polar surface area (TPSA) is 80.9 Å². The molecule has 4 nitrogen and oxygen atoms in total. The first kappa shape index (κ1) is 16.0. The molecule has 0 aromatic rings. The quantitative estimate of drug-likeness (QED) is 0.344. The molecule has 0 saturated heterocycles. The van der Waals surface area contributed by atoms with E-state index in [-0.39, 0.29) is 57.3 Å². The van der Waals surface area contributed by atoms with Crippen molar-refractivity contribution in [2.75, 3.05) is 0 Å². The first-order valence-corrected chi connectivity index (χ1v) is 2.68. The zero-order valence-corrected chi connectivity index (χ0v) is 5.91. The molecule has 0 heterocycles. The van der Waals surface area contributed by atoms with Crippen molar-refractivity contribution < 1.29 is 59.1 Å². The molecule has 0 aliphatic carbocycles. The van der Waals surface area contributed by atoms with Crippen LogP contribution in [0.2, 0.25) is 0 Å². The Labute approximate surface area is 84.5 Å². The number of rotatable bonds is 0. The molecule has 0 rings (SSSR count). The van der Waals surface area contributed by atoms with Gasteiger partial charge in [0.15, 0.2) is 17.4 Å². The van der Waals surface area contributed by atoms with Gasteiger partial charge in [0.25, 0.3) is 0 Å². The standard InChI is InChI=1S/Al.Gd.H4O4Si.3H/c;;1-5(2,3)4;;;/h;;1-4H;;;. The summed E-state index contributed by atoms with van der Waals surface area (Å²) in [5.41, 5.74) is 0. The van der Waals surface area contributed by atoms with Gasteiger partial charge >= 0.3 is 9.05 Å². The van der Waals surface area contributed by atoms with Crippen LogP contribution in [0.3, 0.4) is 0 Å². The molecule has 0 aromatic heterocycles. The van der Waals surface area contributed by atoms with E-state index in [0.29, 0.717) is 0 Å². The monoisotopic (exact) mass is 284 g/mol. The van der Waals surface area contributed by atoms with Gasteiger partial charge < -0.3 is 19.2 Å². The Balaban J connectivity index is -0.0000000800. The van der Waals surface area contributed by atoms with Gasteiger partial charge in [-0.15, -0.1) is 0 Å². The van der Waals surface area contributed by atoms with Gasteiger partial charge in [-0.1, -0.05) is 0 Å². The fraction of sp³-hybridized carbons (Fsp3) is 0. The Morgan fingerprint density at radius 3 is 0.857 bits per heavy atom. The van der Waals surface area contributed by atoms with Crippen LogP contribution < -0.4 is 0 Å². The van der Waals surface area contributed by atoms with Crippen molar-refractivity contribution in [3.8, 4) is 0 Å². The first-order chi connectivity index (χ1) is 2.00. The first-order valence-electron chi connectivity index (χ1n) is 0.894. The minimum atomic E-state index is -4.61. The van der Waals surface area contributed by atoms with E-state index in [1.54, 1.807) is 0 Å². The molecule has 0 aliphatic rings. The van der Waals surface area contributed by atoms with Gasteiger partial charge in [-0.05, 0) is 0 Å². The third kappa shape index (κ3) is 75.6. The molecule has 46 valence electrons. The predicted octanol–water partition coefficient (Wildman–Crippen LogP) is -3.79. The summed E-state index contributed by atoms with van der Waals surface area (Å²) in [6, 6.07) is 0. The normalized spacial score (nSPS) is 8.57. The summed E-state index contributed by atoms with van der Waals surface area (Å²) in [7, 11) is -4.61. The molecule has 0 aliphatic heterocycles. The van der Waals surface area contributed by atoms with Crippen molar-refractivity contribution in [2.24, 2.45) is 0 Å². The van der Waals surface area contributed by atoms with Gasteiger partial charge in [0.05, 0.1) is 0 Å². The minimum absolute atomic E-state index is 0. The second-order valence-electron chi connectivity index (χ2n) is 0.600. The molecular formula is H7AlGdO4Si. The zero-order chi connectivity index (χ0) is 4.50. The second-order valence-corrected chi connectivity index (χ2v) is 1.80. The van der Waals surface area contributed by atoms with E-state index in [1.165, 1.54) is 0 Å². The van der Waals surface area contributed by atoms with Crippen LogP contribution in [-0.4, -0.2) is 45.6 Å². The predicted molar refractivity (Wildman–Crippen MR) is 24.6 cm³/mol. The van der Waals surface area contributed by atoms with E-state index in [4.69, 9.17) is 19.2 Å². The molecule has 0 atom stereocenters. The molecule has 0 fully saturated rings. The molecule has 0 saturated carbocycles.